The van der Waals surface area contributed by atoms with Gasteiger partial charge in [0.1, 0.15) is 5.82 Å². The Morgan fingerprint density at radius 3 is 2.26 bits per heavy atom. The topological polar surface area (TPSA) is 54.5 Å². The first-order valence-corrected chi connectivity index (χ1v) is 6.20. The van der Waals surface area contributed by atoms with Gasteiger partial charge in [-0.15, -0.1) is 0 Å². The maximum Gasteiger partial charge on any atom is 0.229 e. The molecular weight excluding hydrogens is 249 g/mol. The van der Waals surface area contributed by atoms with Crippen LogP contribution in [0.25, 0.3) is 0 Å². The zero-order chi connectivity index (χ0) is 13.8. The third-order valence-corrected chi connectivity index (χ3v) is 3.11. The molecule has 0 aliphatic carbocycles. The van der Waals surface area contributed by atoms with Crippen molar-refractivity contribution < 1.29 is 18.8 Å². The number of likely N-dealkylation sites (tertiary alicyclic amines) is 1. The molecule has 0 radical (unpaired) electrons. The Kier molecular flexibility index (Phi) is 4.04. The van der Waals surface area contributed by atoms with E-state index in [1.807, 2.05) is 0 Å². The number of nitrogens with zero attached hydrogens (tertiary/aromatic N) is 1. The van der Waals surface area contributed by atoms with E-state index in [0.717, 1.165) is 4.90 Å². The summed E-state index contributed by atoms with van der Waals surface area (Å²) in [5, 5.41) is 0. The van der Waals surface area contributed by atoms with Gasteiger partial charge in [0.25, 0.3) is 0 Å². The van der Waals surface area contributed by atoms with Crippen LogP contribution in [0, 0.1) is 5.82 Å². The van der Waals surface area contributed by atoms with Gasteiger partial charge in [0.05, 0.1) is 0 Å². The molecule has 0 atom stereocenters. The van der Waals surface area contributed by atoms with Crippen molar-refractivity contribution >= 4 is 17.6 Å². The number of ketones is 1. The molecule has 1 aromatic rings. The van der Waals surface area contributed by atoms with E-state index in [1.54, 1.807) is 0 Å². The Labute approximate surface area is 110 Å². The van der Waals surface area contributed by atoms with Crippen LogP contribution in [-0.2, 0) is 9.59 Å². The first-order valence-electron chi connectivity index (χ1n) is 6.20. The van der Waals surface area contributed by atoms with Crippen LogP contribution in [0.3, 0.4) is 0 Å². The molecule has 4 nitrogen and oxygen atoms in total. The lowest BCUT2D eigenvalue weighted by Gasteiger charge is -2.24. The summed E-state index contributed by atoms with van der Waals surface area (Å²) in [5.41, 5.74) is 0.387. The van der Waals surface area contributed by atoms with Gasteiger partial charge in [0.15, 0.2) is 5.78 Å². The number of hydrogen-bond acceptors (Lipinski definition) is 3. The summed E-state index contributed by atoms with van der Waals surface area (Å²) >= 11 is 0. The molecule has 5 heteroatoms. The largest absolute Gasteiger partial charge is 0.294 e. The van der Waals surface area contributed by atoms with E-state index >= 15 is 0 Å². The van der Waals surface area contributed by atoms with Gasteiger partial charge in [-0.1, -0.05) is 0 Å². The highest BCUT2D eigenvalue weighted by Crippen LogP contribution is 2.13. The second kappa shape index (κ2) is 5.73. The number of halogens is 1. The minimum absolute atomic E-state index is 0.0725. The van der Waals surface area contributed by atoms with Crippen LogP contribution in [0.4, 0.5) is 4.39 Å². The van der Waals surface area contributed by atoms with Crippen molar-refractivity contribution in [2.45, 2.75) is 25.7 Å². The van der Waals surface area contributed by atoms with Crippen LogP contribution in [0.5, 0.6) is 0 Å². The van der Waals surface area contributed by atoms with Crippen LogP contribution >= 0.6 is 0 Å². The Morgan fingerprint density at radius 2 is 1.68 bits per heavy atom. The first-order chi connectivity index (χ1) is 9.08. The zero-order valence-electron chi connectivity index (χ0n) is 10.4. The minimum atomic E-state index is -0.405. The second-order valence-corrected chi connectivity index (χ2v) is 4.47. The predicted molar refractivity (Wildman–Crippen MR) is 65.9 cm³/mol. The normalized spacial score (nSPS) is 15.7. The Bertz CT molecular complexity index is 494. The number of piperidine rings is 1. The highest BCUT2D eigenvalue weighted by Gasteiger charge is 2.26. The lowest BCUT2D eigenvalue weighted by Crippen LogP contribution is -2.41. The standard InChI is InChI=1S/C14H14FNO3/c15-11-6-4-10(5-7-11)12(17)8-9-16-13(18)2-1-3-14(16)19/h4-7H,1-3,8-9H2. The molecule has 1 aliphatic heterocycles. The molecule has 0 spiro atoms. The van der Waals surface area contributed by atoms with Crippen LogP contribution in [0.15, 0.2) is 24.3 Å². The van der Waals surface area contributed by atoms with Crippen LogP contribution in [0.1, 0.15) is 36.0 Å². The third-order valence-electron chi connectivity index (χ3n) is 3.11. The van der Waals surface area contributed by atoms with Crippen LogP contribution < -0.4 is 0 Å². The highest BCUT2D eigenvalue weighted by atomic mass is 19.1. The third kappa shape index (κ3) is 3.24. The van der Waals surface area contributed by atoms with Crippen molar-refractivity contribution in [1.82, 2.24) is 4.90 Å². The van der Waals surface area contributed by atoms with Gasteiger partial charge in [-0.05, 0) is 30.7 Å². The smallest absolute Gasteiger partial charge is 0.229 e. The first kappa shape index (κ1) is 13.4. The molecule has 0 unspecified atom stereocenters. The number of hydrogen-bond donors (Lipinski definition) is 0. The van der Waals surface area contributed by atoms with Crippen LogP contribution in [0.2, 0.25) is 0 Å². The molecule has 0 N–H and O–H groups in total. The van der Waals surface area contributed by atoms with Gasteiger partial charge in [0.2, 0.25) is 11.8 Å². The van der Waals surface area contributed by atoms with Crippen molar-refractivity contribution in [2.24, 2.45) is 0 Å². The van der Waals surface area contributed by atoms with Crippen molar-refractivity contribution in [3.63, 3.8) is 0 Å². The minimum Gasteiger partial charge on any atom is -0.294 e. The molecule has 1 fully saturated rings. The molecule has 1 aliphatic rings. The fourth-order valence-corrected chi connectivity index (χ4v) is 2.04. The van der Waals surface area contributed by atoms with E-state index in [-0.39, 0.29) is 30.6 Å². The Morgan fingerprint density at radius 1 is 1.11 bits per heavy atom. The van der Waals surface area contributed by atoms with Gasteiger partial charge in [-0.2, -0.15) is 0 Å². The van der Waals surface area contributed by atoms with Crippen molar-refractivity contribution in [2.75, 3.05) is 6.54 Å². The van der Waals surface area contributed by atoms with Gasteiger partial charge >= 0.3 is 0 Å². The molecule has 2 amide bonds. The molecule has 1 heterocycles. The predicted octanol–water partition coefficient (Wildman–Crippen LogP) is 1.94. The fourth-order valence-electron chi connectivity index (χ4n) is 2.04. The molecule has 0 aromatic heterocycles. The average Bonchev–Trinajstić information content (AvgIpc) is 2.38. The van der Waals surface area contributed by atoms with Crippen molar-refractivity contribution in [3.05, 3.63) is 35.6 Å². The summed E-state index contributed by atoms with van der Waals surface area (Å²) in [4.78, 5) is 36.1. The quantitative estimate of drug-likeness (QED) is 0.616. The van der Waals surface area contributed by atoms with E-state index in [4.69, 9.17) is 0 Å². The molecular formula is C14H14FNO3. The molecule has 19 heavy (non-hydrogen) atoms. The van der Waals surface area contributed by atoms with Gasteiger partial charge in [0, 0.05) is 31.4 Å². The van der Waals surface area contributed by atoms with E-state index in [1.165, 1.54) is 24.3 Å². The molecule has 100 valence electrons. The number of imide groups is 1. The highest BCUT2D eigenvalue weighted by molar-refractivity contribution is 5.99. The van der Waals surface area contributed by atoms with E-state index in [0.29, 0.717) is 24.8 Å². The van der Waals surface area contributed by atoms with E-state index in [2.05, 4.69) is 0 Å². The second-order valence-electron chi connectivity index (χ2n) is 4.47. The lowest BCUT2D eigenvalue weighted by molar-refractivity contribution is -0.147. The number of benzene rings is 1. The fraction of sp³-hybridized carbons (Fsp3) is 0.357. The Balaban J connectivity index is 1.94. The molecule has 1 saturated heterocycles. The summed E-state index contributed by atoms with van der Waals surface area (Å²) in [7, 11) is 0. The van der Waals surface area contributed by atoms with Crippen molar-refractivity contribution in [3.8, 4) is 0 Å². The SMILES string of the molecule is O=C(CCN1C(=O)CCCC1=O)c1ccc(F)cc1. The van der Waals surface area contributed by atoms with E-state index < -0.39 is 5.82 Å². The number of carbonyl (C=O) groups is 3. The van der Waals surface area contributed by atoms with Gasteiger partial charge in [-0.3, -0.25) is 19.3 Å². The molecule has 2 rings (SSSR count). The maximum absolute atomic E-state index is 12.7. The monoisotopic (exact) mass is 263 g/mol. The number of rotatable bonds is 4. The average molecular weight is 263 g/mol. The number of carbonyl (C=O) groups excluding carboxylic acids is 3. The summed E-state index contributed by atoms with van der Waals surface area (Å²) < 4.78 is 12.7. The summed E-state index contributed by atoms with van der Waals surface area (Å²) in [5.74, 6) is -1.05. The number of Topliss-reactive ketones (excluding diaryl/α,β-unsaturated/α-hetero) is 1. The van der Waals surface area contributed by atoms with Crippen molar-refractivity contribution in [1.29, 1.82) is 0 Å². The molecule has 0 bridgehead atoms. The number of amides is 2. The zero-order valence-corrected chi connectivity index (χ0v) is 10.4. The summed E-state index contributed by atoms with van der Waals surface area (Å²) in [6, 6.07) is 5.23. The molecule has 0 saturated carbocycles. The van der Waals surface area contributed by atoms with E-state index in [9.17, 15) is 18.8 Å². The maximum atomic E-state index is 12.7. The van der Waals surface area contributed by atoms with Crippen LogP contribution in [-0.4, -0.2) is 29.0 Å². The van der Waals surface area contributed by atoms with Gasteiger partial charge < -0.3 is 0 Å². The molecule has 1 aromatic carbocycles. The lowest BCUT2D eigenvalue weighted by atomic mass is 10.1. The summed E-state index contributed by atoms with van der Waals surface area (Å²) in [6.45, 7) is 0.105. The van der Waals surface area contributed by atoms with Gasteiger partial charge in [-0.25, -0.2) is 4.39 Å². The summed E-state index contributed by atoms with van der Waals surface area (Å²) in [6.07, 6.45) is 1.37. The Hall–Kier alpha value is -2.04.